The number of rotatable bonds is 5. The van der Waals surface area contributed by atoms with Crippen LogP contribution in [0.5, 0.6) is 0 Å². The monoisotopic (exact) mass is 284 g/mol. The first-order valence-corrected chi connectivity index (χ1v) is 7.54. The maximum absolute atomic E-state index is 12.3. The molecule has 0 unspecified atom stereocenters. The van der Waals surface area contributed by atoms with E-state index in [4.69, 9.17) is 0 Å². The summed E-state index contributed by atoms with van der Waals surface area (Å²) in [7, 11) is 0. The summed E-state index contributed by atoms with van der Waals surface area (Å²) in [5, 5.41) is 3.04. The number of para-hydroxylation sites is 1. The van der Waals surface area contributed by atoms with Crippen molar-refractivity contribution in [3.63, 3.8) is 0 Å². The number of carbonyl (C=O) groups is 1. The Labute approximate surface area is 125 Å². The van der Waals surface area contributed by atoms with Crippen LogP contribution in [0.15, 0.2) is 36.7 Å². The van der Waals surface area contributed by atoms with Crippen molar-refractivity contribution in [3.05, 3.63) is 47.8 Å². The minimum absolute atomic E-state index is 0.0214. The first kappa shape index (κ1) is 13.9. The van der Waals surface area contributed by atoms with Crippen molar-refractivity contribution in [1.29, 1.82) is 0 Å². The number of nitrogens with one attached hydrogen (secondary N) is 1. The topological polar surface area (TPSA) is 37.9 Å². The van der Waals surface area contributed by atoms with Gasteiger partial charge in [-0.2, -0.15) is 4.68 Å². The number of anilines is 1. The van der Waals surface area contributed by atoms with Gasteiger partial charge in [-0.25, -0.2) is 0 Å². The Morgan fingerprint density at radius 3 is 2.67 bits per heavy atom. The van der Waals surface area contributed by atoms with E-state index in [2.05, 4.69) is 10.00 Å². The maximum Gasteiger partial charge on any atom is 0.292 e. The Balaban J connectivity index is 1.67. The van der Waals surface area contributed by atoms with E-state index in [0.717, 1.165) is 29.3 Å². The standard InChI is InChI=1S/C17H21N3O/c1-13-5-3-6-14(2)17(13)18-16(21)12-20-10-4-9-19(20)11-15-7-8-15/h3-6,9-10,15H,7-8,11-12H2,1-2H3/p+1. The summed E-state index contributed by atoms with van der Waals surface area (Å²) in [4.78, 5) is 12.3. The van der Waals surface area contributed by atoms with Crippen LogP contribution in [0, 0.1) is 19.8 Å². The van der Waals surface area contributed by atoms with Crippen molar-refractivity contribution in [2.24, 2.45) is 5.92 Å². The highest BCUT2D eigenvalue weighted by Crippen LogP contribution is 2.29. The third-order valence-electron chi connectivity index (χ3n) is 4.04. The number of carbonyl (C=O) groups excluding carboxylic acids is 1. The van der Waals surface area contributed by atoms with Crippen molar-refractivity contribution in [1.82, 2.24) is 4.68 Å². The van der Waals surface area contributed by atoms with Gasteiger partial charge in [0, 0.05) is 11.8 Å². The van der Waals surface area contributed by atoms with E-state index in [-0.39, 0.29) is 5.91 Å². The van der Waals surface area contributed by atoms with Gasteiger partial charge in [0.1, 0.15) is 0 Å². The average Bonchev–Trinajstić information content (AvgIpc) is 3.15. The van der Waals surface area contributed by atoms with Crippen LogP contribution in [0.4, 0.5) is 5.69 Å². The fourth-order valence-electron chi connectivity index (χ4n) is 2.62. The van der Waals surface area contributed by atoms with Gasteiger partial charge in [-0.3, -0.25) is 4.79 Å². The fourth-order valence-corrected chi connectivity index (χ4v) is 2.62. The van der Waals surface area contributed by atoms with Crippen LogP contribution < -0.4 is 10.00 Å². The zero-order valence-electron chi connectivity index (χ0n) is 12.7. The van der Waals surface area contributed by atoms with Crippen molar-refractivity contribution in [2.45, 2.75) is 39.8 Å². The Morgan fingerprint density at radius 1 is 1.29 bits per heavy atom. The maximum atomic E-state index is 12.3. The van der Waals surface area contributed by atoms with E-state index < -0.39 is 0 Å². The lowest BCUT2D eigenvalue weighted by Crippen LogP contribution is -2.47. The molecular formula is C17H22N3O+. The minimum atomic E-state index is 0.0214. The summed E-state index contributed by atoms with van der Waals surface area (Å²) in [6.07, 6.45) is 6.64. The van der Waals surface area contributed by atoms with E-state index in [1.165, 1.54) is 12.8 Å². The van der Waals surface area contributed by atoms with Gasteiger partial charge in [-0.15, -0.1) is 4.68 Å². The van der Waals surface area contributed by atoms with Crippen LogP contribution in [0.2, 0.25) is 0 Å². The molecule has 1 amide bonds. The number of aryl methyl sites for hydroxylation is 2. The van der Waals surface area contributed by atoms with Gasteiger partial charge in [0.05, 0.1) is 12.7 Å². The lowest BCUT2D eigenvalue weighted by Gasteiger charge is -2.10. The molecule has 1 aromatic carbocycles. The summed E-state index contributed by atoms with van der Waals surface area (Å²) in [5.74, 6) is 0.818. The third kappa shape index (κ3) is 3.32. The van der Waals surface area contributed by atoms with E-state index in [1.807, 2.05) is 55.2 Å². The largest absolute Gasteiger partial charge is 0.320 e. The summed E-state index contributed by atoms with van der Waals surface area (Å²) >= 11 is 0. The molecule has 3 rings (SSSR count). The smallest absolute Gasteiger partial charge is 0.292 e. The first-order chi connectivity index (χ1) is 10.1. The number of benzene rings is 1. The molecule has 1 aliphatic carbocycles. The predicted octanol–water partition coefficient (Wildman–Crippen LogP) is 2.44. The molecule has 1 saturated carbocycles. The molecule has 2 aromatic rings. The highest BCUT2D eigenvalue weighted by atomic mass is 16.2. The second-order valence-electron chi connectivity index (χ2n) is 5.97. The first-order valence-electron chi connectivity index (χ1n) is 7.54. The van der Waals surface area contributed by atoms with Crippen molar-refractivity contribution in [2.75, 3.05) is 5.32 Å². The van der Waals surface area contributed by atoms with E-state index in [1.54, 1.807) is 0 Å². The van der Waals surface area contributed by atoms with Crippen LogP contribution in [0.25, 0.3) is 0 Å². The normalized spacial score (nSPS) is 14.2. The van der Waals surface area contributed by atoms with E-state index in [9.17, 15) is 4.79 Å². The zero-order valence-corrected chi connectivity index (χ0v) is 12.7. The molecule has 1 aliphatic rings. The molecule has 0 radical (unpaired) electrons. The Hall–Kier alpha value is -2.10. The molecule has 0 aliphatic heterocycles. The van der Waals surface area contributed by atoms with Gasteiger partial charge in [-0.1, -0.05) is 18.2 Å². The van der Waals surface area contributed by atoms with Crippen LogP contribution >= 0.6 is 0 Å². The second-order valence-corrected chi connectivity index (χ2v) is 5.97. The molecule has 1 fully saturated rings. The Kier molecular flexibility index (Phi) is 3.78. The molecule has 4 heteroatoms. The molecule has 21 heavy (non-hydrogen) atoms. The number of hydrogen-bond donors (Lipinski definition) is 1. The second kappa shape index (κ2) is 5.72. The molecule has 1 N–H and O–H groups in total. The van der Waals surface area contributed by atoms with Crippen LogP contribution in [-0.2, 0) is 17.9 Å². The van der Waals surface area contributed by atoms with Gasteiger partial charge in [-0.05, 0) is 43.7 Å². The predicted molar refractivity (Wildman–Crippen MR) is 81.9 cm³/mol. The highest BCUT2D eigenvalue weighted by Gasteiger charge is 2.25. The van der Waals surface area contributed by atoms with Gasteiger partial charge < -0.3 is 5.32 Å². The Bertz CT molecular complexity index is 636. The molecular weight excluding hydrogens is 262 g/mol. The van der Waals surface area contributed by atoms with Gasteiger partial charge >= 0.3 is 0 Å². The minimum Gasteiger partial charge on any atom is -0.320 e. The van der Waals surface area contributed by atoms with Gasteiger partial charge in [0.2, 0.25) is 6.54 Å². The average molecular weight is 284 g/mol. The van der Waals surface area contributed by atoms with Crippen molar-refractivity contribution >= 4 is 11.6 Å². The highest BCUT2D eigenvalue weighted by molar-refractivity contribution is 5.91. The van der Waals surface area contributed by atoms with E-state index >= 15 is 0 Å². The molecule has 0 spiro atoms. The van der Waals surface area contributed by atoms with E-state index in [0.29, 0.717) is 6.54 Å². The number of amides is 1. The number of aromatic nitrogens is 2. The van der Waals surface area contributed by atoms with Crippen LogP contribution in [0.3, 0.4) is 0 Å². The summed E-state index contributed by atoms with van der Waals surface area (Å²) in [5.41, 5.74) is 3.13. The lowest BCUT2D eigenvalue weighted by atomic mass is 10.1. The molecule has 110 valence electrons. The zero-order chi connectivity index (χ0) is 14.8. The SMILES string of the molecule is Cc1cccc(C)c1NC(=O)C[n+]1cccn1CC1CC1. The number of nitrogens with zero attached hydrogens (tertiary/aromatic N) is 2. The molecule has 0 saturated heterocycles. The number of hydrogen-bond acceptors (Lipinski definition) is 1. The molecule has 0 bridgehead atoms. The summed E-state index contributed by atoms with van der Waals surface area (Å²) in [6, 6.07) is 8.04. The summed E-state index contributed by atoms with van der Waals surface area (Å²) < 4.78 is 4.13. The lowest BCUT2D eigenvalue weighted by molar-refractivity contribution is -0.764. The molecule has 1 heterocycles. The fraction of sp³-hybridized carbons (Fsp3) is 0.412. The molecule has 1 aromatic heterocycles. The molecule has 4 nitrogen and oxygen atoms in total. The van der Waals surface area contributed by atoms with Gasteiger partial charge in [0.25, 0.3) is 5.91 Å². The molecule has 0 atom stereocenters. The van der Waals surface area contributed by atoms with Crippen LogP contribution in [0.1, 0.15) is 24.0 Å². The third-order valence-corrected chi connectivity index (χ3v) is 4.04. The van der Waals surface area contributed by atoms with Crippen LogP contribution in [-0.4, -0.2) is 10.6 Å². The van der Waals surface area contributed by atoms with Crippen molar-refractivity contribution < 1.29 is 9.48 Å². The van der Waals surface area contributed by atoms with Crippen molar-refractivity contribution in [3.8, 4) is 0 Å². The Morgan fingerprint density at radius 2 is 2.00 bits per heavy atom. The van der Waals surface area contributed by atoms with Gasteiger partial charge in [0.15, 0.2) is 6.20 Å². The quantitative estimate of drug-likeness (QED) is 0.841. The summed E-state index contributed by atoms with van der Waals surface area (Å²) in [6.45, 7) is 5.41.